The minimum absolute atomic E-state index is 0.0703. The number of thioether (sulfide) groups is 1. The number of aliphatic hydroxyl groups is 1. The van der Waals surface area contributed by atoms with E-state index in [1.54, 1.807) is 11.8 Å². The monoisotopic (exact) mass is 302 g/mol. The van der Waals surface area contributed by atoms with Crippen LogP contribution in [0.2, 0.25) is 0 Å². The molecule has 0 aliphatic heterocycles. The van der Waals surface area contributed by atoms with E-state index in [1.165, 1.54) is 0 Å². The van der Waals surface area contributed by atoms with Gasteiger partial charge in [0, 0.05) is 27.3 Å². The van der Waals surface area contributed by atoms with Gasteiger partial charge in [0.25, 0.3) is 0 Å². The zero-order valence-electron chi connectivity index (χ0n) is 9.03. The van der Waals surface area contributed by atoms with Gasteiger partial charge in [-0.25, -0.2) is 0 Å². The molecule has 0 saturated heterocycles. The van der Waals surface area contributed by atoms with E-state index >= 15 is 0 Å². The molecule has 1 atom stereocenters. The predicted molar refractivity (Wildman–Crippen MR) is 72.1 cm³/mol. The Balaban J connectivity index is 2.72. The molecule has 0 saturated carbocycles. The van der Waals surface area contributed by atoms with Gasteiger partial charge in [-0.2, -0.15) is 0 Å². The average molecular weight is 303 g/mol. The van der Waals surface area contributed by atoms with Crippen molar-refractivity contribution in [1.29, 1.82) is 5.41 Å². The molecule has 0 aromatic heterocycles. The van der Waals surface area contributed by atoms with Crippen LogP contribution < -0.4 is 5.73 Å². The van der Waals surface area contributed by atoms with Gasteiger partial charge in [-0.3, -0.25) is 5.41 Å². The summed E-state index contributed by atoms with van der Waals surface area (Å²) in [4.78, 5) is 1.10. The number of rotatable bonds is 5. The molecule has 0 heterocycles. The molecule has 0 radical (unpaired) electrons. The van der Waals surface area contributed by atoms with Crippen LogP contribution in [0.4, 0.5) is 0 Å². The van der Waals surface area contributed by atoms with E-state index in [2.05, 4.69) is 15.9 Å². The number of amidine groups is 1. The van der Waals surface area contributed by atoms with Crippen molar-refractivity contribution in [2.24, 2.45) is 11.7 Å². The number of aliphatic hydroxyl groups excluding tert-OH is 1. The van der Waals surface area contributed by atoms with Crippen LogP contribution in [-0.2, 0) is 0 Å². The predicted octanol–water partition coefficient (Wildman–Crippen LogP) is 2.45. The molecule has 88 valence electrons. The van der Waals surface area contributed by atoms with Gasteiger partial charge in [-0.1, -0.05) is 13.0 Å². The quantitative estimate of drug-likeness (QED) is 0.444. The topological polar surface area (TPSA) is 70.1 Å². The zero-order chi connectivity index (χ0) is 12.1. The van der Waals surface area contributed by atoms with Crippen LogP contribution >= 0.6 is 27.7 Å². The van der Waals surface area contributed by atoms with Gasteiger partial charge in [0.2, 0.25) is 0 Å². The standard InChI is InChI=1S/C11H15BrN2OS/c1-7(5-15)6-16-10-3-2-8(11(13)14)4-9(10)12/h2-4,7,15H,5-6H2,1H3,(H3,13,14). The summed E-state index contributed by atoms with van der Waals surface area (Å²) in [6.45, 7) is 2.21. The van der Waals surface area contributed by atoms with Crippen molar-refractivity contribution in [3.63, 3.8) is 0 Å². The fourth-order valence-corrected chi connectivity index (χ4v) is 2.72. The van der Waals surface area contributed by atoms with Crippen LogP contribution in [-0.4, -0.2) is 23.3 Å². The maximum absolute atomic E-state index is 8.93. The molecule has 1 rings (SSSR count). The van der Waals surface area contributed by atoms with Crippen molar-refractivity contribution in [3.05, 3.63) is 28.2 Å². The van der Waals surface area contributed by atoms with Gasteiger partial charge < -0.3 is 10.8 Å². The highest BCUT2D eigenvalue weighted by Gasteiger charge is 2.06. The Kier molecular flexibility index (Phi) is 5.31. The van der Waals surface area contributed by atoms with Crippen molar-refractivity contribution in [2.75, 3.05) is 12.4 Å². The van der Waals surface area contributed by atoms with E-state index in [1.807, 2.05) is 25.1 Å². The number of halogens is 1. The maximum atomic E-state index is 8.93. The van der Waals surface area contributed by atoms with E-state index in [0.29, 0.717) is 5.56 Å². The van der Waals surface area contributed by atoms with Crippen molar-refractivity contribution in [3.8, 4) is 0 Å². The molecule has 3 nitrogen and oxygen atoms in total. The minimum atomic E-state index is 0.0703. The highest BCUT2D eigenvalue weighted by Crippen LogP contribution is 2.29. The number of benzene rings is 1. The molecule has 1 aromatic rings. The number of hydrogen-bond donors (Lipinski definition) is 3. The van der Waals surface area contributed by atoms with Gasteiger partial charge in [-0.05, 0) is 34.0 Å². The third-order valence-corrected chi connectivity index (χ3v) is 4.40. The van der Waals surface area contributed by atoms with Crippen LogP contribution in [0.3, 0.4) is 0 Å². The summed E-state index contributed by atoms with van der Waals surface area (Å²) in [5.41, 5.74) is 6.11. The summed E-state index contributed by atoms with van der Waals surface area (Å²) in [6.07, 6.45) is 0. The first-order chi connectivity index (χ1) is 7.54. The second-order valence-electron chi connectivity index (χ2n) is 3.66. The summed E-state index contributed by atoms with van der Waals surface area (Å²) in [5.74, 6) is 1.22. The van der Waals surface area contributed by atoms with Crippen LogP contribution in [0.1, 0.15) is 12.5 Å². The van der Waals surface area contributed by atoms with E-state index < -0.39 is 0 Å². The smallest absolute Gasteiger partial charge is 0.122 e. The molecule has 0 aliphatic carbocycles. The van der Waals surface area contributed by atoms with E-state index in [9.17, 15) is 0 Å². The zero-order valence-corrected chi connectivity index (χ0v) is 11.4. The third kappa shape index (κ3) is 3.81. The summed E-state index contributed by atoms with van der Waals surface area (Å²) >= 11 is 5.13. The van der Waals surface area contributed by atoms with Gasteiger partial charge >= 0.3 is 0 Å². The van der Waals surface area contributed by atoms with Gasteiger partial charge in [0.15, 0.2) is 0 Å². The summed E-state index contributed by atoms with van der Waals surface area (Å²) < 4.78 is 0.940. The second-order valence-corrected chi connectivity index (χ2v) is 5.57. The summed E-state index contributed by atoms with van der Waals surface area (Å²) in [7, 11) is 0. The fraction of sp³-hybridized carbons (Fsp3) is 0.364. The van der Waals surface area contributed by atoms with Gasteiger partial charge in [0.05, 0.1) is 0 Å². The lowest BCUT2D eigenvalue weighted by atomic mass is 10.2. The van der Waals surface area contributed by atoms with Crippen molar-refractivity contribution >= 4 is 33.5 Å². The van der Waals surface area contributed by atoms with Crippen molar-refractivity contribution < 1.29 is 5.11 Å². The SMILES string of the molecule is CC(CO)CSc1ccc(C(=N)N)cc1Br. The Morgan fingerprint density at radius 1 is 1.62 bits per heavy atom. The van der Waals surface area contributed by atoms with Crippen molar-refractivity contribution in [2.45, 2.75) is 11.8 Å². The Morgan fingerprint density at radius 3 is 2.81 bits per heavy atom. The Morgan fingerprint density at radius 2 is 2.31 bits per heavy atom. The van der Waals surface area contributed by atoms with Gasteiger partial charge in [-0.15, -0.1) is 11.8 Å². The van der Waals surface area contributed by atoms with Crippen LogP contribution in [0.5, 0.6) is 0 Å². The molecule has 5 heteroatoms. The lowest BCUT2D eigenvalue weighted by Crippen LogP contribution is -2.10. The fourth-order valence-electron chi connectivity index (χ4n) is 1.07. The summed E-state index contributed by atoms with van der Waals surface area (Å²) in [6, 6.07) is 5.61. The van der Waals surface area contributed by atoms with Crippen LogP contribution in [0, 0.1) is 11.3 Å². The molecule has 4 N–H and O–H groups in total. The molecule has 0 fully saturated rings. The lowest BCUT2D eigenvalue weighted by molar-refractivity contribution is 0.250. The molecule has 16 heavy (non-hydrogen) atoms. The Labute approximate surface area is 108 Å². The highest BCUT2D eigenvalue weighted by atomic mass is 79.9. The van der Waals surface area contributed by atoms with Crippen molar-refractivity contribution in [1.82, 2.24) is 0 Å². The molecule has 1 unspecified atom stereocenters. The lowest BCUT2D eigenvalue weighted by Gasteiger charge is -2.09. The minimum Gasteiger partial charge on any atom is -0.396 e. The average Bonchev–Trinajstić information content (AvgIpc) is 2.26. The third-order valence-electron chi connectivity index (χ3n) is 2.08. The first-order valence-electron chi connectivity index (χ1n) is 4.92. The molecular formula is C11H15BrN2OS. The number of hydrogen-bond acceptors (Lipinski definition) is 3. The van der Waals surface area contributed by atoms with E-state index in [4.69, 9.17) is 16.2 Å². The van der Waals surface area contributed by atoms with Crippen LogP contribution in [0.25, 0.3) is 0 Å². The molecule has 0 aliphatic rings. The Bertz CT molecular complexity index is 384. The number of nitrogen functional groups attached to an aromatic ring is 1. The van der Waals surface area contributed by atoms with E-state index in [0.717, 1.165) is 15.1 Å². The molecule has 1 aromatic carbocycles. The first-order valence-corrected chi connectivity index (χ1v) is 6.70. The molecule has 0 spiro atoms. The maximum Gasteiger partial charge on any atom is 0.122 e. The molecule has 0 amide bonds. The number of nitrogens with one attached hydrogen (secondary N) is 1. The largest absolute Gasteiger partial charge is 0.396 e. The molecule has 0 bridgehead atoms. The normalized spacial score (nSPS) is 12.4. The number of nitrogens with two attached hydrogens (primary N) is 1. The Hall–Kier alpha value is -0.520. The second kappa shape index (κ2) is 6.27. The van der Waals surface area contributed by atoms with E-state index in [-0.39, 0.29) is 18.4 Å². The van der Waals surface area contributed by atoms with Crippen LogP contribution in [0.15, 0.2) is 27.6 Å². The first kappa shape index (κ1) is 13.5. The molecular weight excluding hydrogens is 288 g/mol. The summed E-state index contributed by atoms with van der Waals surface area (Å²) in [5, 5.41) is 16.2. The van der Waals surface area contributed by atoms with Gasteiger partial charge in [0.1, 0.15) is 5.84 Å². The highest BCUT2D eigenvalue weighted by molar-refractivity contribution is 9.10.